The Hall–Kier alpha value is -2.64. The average Bonchev–Trinajstić information content (AvgIpc) is 2.66. The van der Waals surface area contributed by atoms with Crippen molar-refractivity contribution in [3.63, 3.8) is 0 Å². The van der Waals surface area contributed by atoms with Gasteiger partial charge in [0.1, 0.15) is 13.2 Å². The molecule has 9 heteroatoms. The van der Waals surface area contributed by atoms with E-state index in [0.29, 0.717) is 35.5 Å². The minimum absolute atomic E-state index is 0.138. The fourth-order valence-electron chi connectivity index (χ4n) is 2.33. The van der Waals surface area contributed by atoms with Crippen molar-refractivity contribution in [2.45, 2.75) is 0 Å². The van der Waals surface area contributed by atoms with Gasteiger partial charge in [-0.3, -0.25) is 20.4 Å². The lowest BCUT2D eigenvalue weighted by Crippen LogP contribution is -2.41. The zero-order valence-electron chi connectivity index (χ0n) is 13.6. The van der Waals surface area contributed by atoms with Gasteiger partial charge in [0.2, 0.25) is 5.75 Å². The summed E-state index contributed by atoms with van der Waals surface area (Å²) in [5.41, 5.74) is 4.96. The summed E-state index contributed by atoms with van der Waals surface area (Å²) < 4.78 is 16.2. The molecule has 2 N–H and O–H groups in total. The molecule has 136 valence electrons. The van der Waals surface area contributed by atoms with Crippen LogP contribution in [-0.4, -0.2) is 32.1 Å². The quantitative estimate of drug-likeness (QED) is 0.779. The largest absolute Gasteiger partial charge is 0.493 e. The van der Waals surface area contributed by atoms with Crippen molar-refractivity contribution >= 4 is 35.0 Å². The second-order valence-electron chi connectivity index (χ2n) is 5.24. The number of amides is 2. The lowest BCUT2D eigenvalue weighted by atomic mass is 10.1. The number of hydrazine groups is 1. The van der Waals surface area contributed by atoms with Crippen LogP contribution < -0.4 is 25.1 Å². The van der Waals surface area contributed by atoms with Crippen LogP contribution in [0.15, 0.2) is 30.3 Å². The molecule has 1 aliphatic heterocycles. The maximum Gasteiger partial charge on any atom is 0.271 e. The van der Waals surface area contributed by atoms with Crippen LogP contribution >= 0.6 is 23.2 Å². The van der Waals surface area contributed by atoms with Gasteiger partial charge in [-0.15, -0.1) is 0 Å². The monoisotopic (exact) mass is 396 g/mol. The third-order valence-corrected chi connectivity index (χ3v) is 4.12. The molecule has 0 unspecified atom stereocenters. The van der Waals surface area contributed by atoms with E-state index in [9.17, 15) is 9.59 Å². The van der Waals surface area contributed by atoms with Gasteiger partial charge in [-0.05, 0) is 30.3 Å². The molecule has 1 aliphatic rings. The summed E-state index contributed by atoms with van der Waals surface area (Å²) in [5.74, 6) is 0.0219. The van der Waals surface area contributed by atoms with Crippen molar-refractivity contribution in [2.75, 3.05) is 20.3 Å². The van der Waals surface area contributed by atoms with Crippen molar-refractivity contribution in [2.24, 2.45) is 0 Å². The highest BCUT2D eigenvalue weighted by Gasteiger charge is 2.21. The molecule has 7 nitrogen and oxygen atoms in total. The van der Waals surface area contributed by atoms with Crippen LogP contribution in [-0.2, 0) is 0 Å². The van der Waals surface area contributed by atoms with E-state index in [2.05, 4.69) is 10.9 Å². The van der Waals surface area contributed by atoms with Gasteiger partial charge < -0.3 is 14.2 Å². The first-order valence-corrected chi connectivity index (χ1v) is 8.28. The first kappa shape index (κ1) is 18.2. The SMILES string of the molecule is COc1cc(C(=O)NNC(=O)c2cc(Cl)ccc2Cl)cc2c1OCCO2. The van der Waals surface area contributed by atoms with Gasteiger partial charge in [-0.1, -0.05) is 23.2 Å². The number of carbonyl (C=O) groups is 2. The van der Waals surface area contributed by atoms with Gasteiger partial charge in [0.05, 0.1) is 17.7 Å². The Morgan fingerprint density at radius 2 is 1.77 bits per heavy atom. The molecule has 0 aliphatic carbocycles. The van der Waals surface area contributed by atoms with E-state index in [-0.39, 0.29) is 16.1 Å². The molecule has 2 aromatic rings. The van der Waals surface area contributed by atoms with Crippen molar-refractivity contribution in [3.05, 3.63) is 51.5 Å². The normalized spacial score (nSPS) is 12.3. The van der Waals surface area contributed by atoms with E-state index in [1.165, 1.54) is 31.4 Å². The molecule has 0 atom stereocenters. The lowest BCUT2D eigenvalue weighted by molar-refractivity contribution is 0.0846. The summed E-state index contributed by atoms with van der Waals surface area (Å²) in [4.78, 5) is 24.5. The van der Waals surface area contributed by atoms with Crippen molar-refractivity contribution in [3.8, 4) is 17.2 Å². The average molecular weight is 397 g/mol. The van der Waals surface area contributed by atoms with Crippen LogP contribution in [0.1, 0.15) is 20.7 Å². The van der Waals surface area contributed by atoms with E-state index in [1.807, 2.05) is 0 Å². The maximum atomic E-state index is 12.3. The molecule has 3 rings (SSSR count). The lowest BCUT2D eigenvalue weighted by Gasteiger charge is -2.21. The fraction of sp³-hybridized carbons (Fsp3) is 0.176. The standard InChI is InChI=1S/C17H14Cl2N2O5/c1-24-13-6-9(7-14-15(13)26-5-4-25-14)16(22)20-21-17(23)11-8-10(18)2-3-12(11)19/h2-3,6-8H,4-5H2,1H3,(H,20,22)(H,21,23). The van der Waals surface area contributed by atoms with E-state index < -0.39 is 11.8 Å². The Morgan fingerprint density at radius 1 is 1.04 bits per heavy atom. The Balaban J connectivity index is 1.74. The molecule has 2 aromatic carbocycles. The zero-order valence-corrected chi connectivity index (χ0v) is 15.1. The van der Waals surface area contributed by atoms with Gasteiger partial charge in [-0.2, -0.15) is 0 Å². The highest BCUT2D eigenvalue weighted by Crippen LogP contribution is 2.40. The van der Waals surface area contributed by atoms with E-state index in [4.69, 9.17) is 37.4 Å². The number of carbonyl (C=O) groups excluding carboxylic acids is 2. The Morgan fingerprint density at radius 3 is 2.54 bits per heavy atom. The first-order chi connectivity index (χ1) is 12.5. The number of halogens is 2. The predicted molar refractivity (Wildman–Crippen MR) is 95.4 cm³/mol. The number of ether oxygens (including phenoxy) is 3. The molecular weight excluding hydrogens is 383 g/mol. The van der Waals surface area contributed by atoms with E-state index in [0.717, 1.165) is 0 Å². The zero-order chi connectivity index (χ0) is 18.7. The highest BCUT2D eigenvalue weighted by molar-refractivity contribution is 6.35. The minimum Gasteiger partial charge on any atom is -0.493 e. The Kier molecular flexibility index (Phi) is 5.39. The summed E-state index contributed by atoms with van der Waals surface area (Å²) in [5, 5.41) is 0.560. The summed E-state index contributed by atoms with van der Waals surface area (Å²) in [6, 6.07) is 7.44. The molecule has 2 amide bonds. The molecule has 0 radical (unpaired) electrons. The van der Waals surface area contributed by atoms with Gasteiger partial charge in [0, 0.05) is 10.6 Å². The number of hydrogen-bond donors (Lipinski definition) is 2. The van der Waals surface area contributed by atoms with Gasteiger partial charge in [0.25, 0.3) is 11.8 Å². The molecule has 0 saturated heterocycles. The molecule has 0 saturated carbocycles. The molecule has 0 aromatic heterocycles. The number of benzene rings is 2. The third kappa shape index (κ3) is 3.79. The highest BCUT2D eigenvalue weighted by atomic mass is 35.5. The number of nitrogens with one attached hydrogen (secondary N) is 2. The van der Waals surface area contributed by atoms with Gasteiger partial charge in [-0.25, -0.2) is 0 Å². The summed E-state index contributed by atoms with van der Waals surface area (Å²) in [6.07, 6.45) is 0. The second kappa shape index (κ2) is 7.72. The molecule has 0 bridgehead atoms. The number of fused-ring (bicyclic) bond motifs is 1. The molecule has 0 fully saturated rings. The van der Waals surface area contributed by atoms with E-state index in [1.54, 1.807) is 6.07 Å². The minimum atomic E-state index is -0.602. The number of rotatable bonds is 3. The topological polar surface area (TPSA) is 85.9 Å². The first-order valence-electron chi connectivity index (χ1n) is 7.53. The van der Waals surface area contributed by atoms with Crippen LogP contribution in [0, 0.1) is 0 Å². The second-order valence-corrected chi connectivity index (χ2v) is 6.08. The van der Waals surface area contributed by atoms with Gasteiger partial charge in [0.15, 0.2) is 11.5 Å². The fourth-order valence-corrected chi connectivity index (χ4v) is 2.70. The summed E-state index contributed by atoms with van der Waals surface area (Å²) in [6.45, 7) is 0.760. The smallest absolute Gasteiger partial charge is 0.271 e. The van der Waals surface area contributed by atoms with Crippen LogP contribution in [0.25, 0.3) is 0 Å². The Bertz CT molecular complexity index is 855. The van der Waals surface area contributed by atoms with Crippen LogP contribution in [0.5, 0.6) is 17.2 Å². The summed E-state index contributed by atoms with van der Waals surface area (Å²) >= 11 is 11.8. The van der Waals surface area contributed by atoms with E-state index >= 15 is 0 Å². The van der Waals surface area contributed by atoms with Crippen LogP contribution in [0.3, 0.4) is 0 Å². The molecule has 26 heavy (non-hydrogen) atoms. The maximum absolute atomic E-state index is 12.3. The third-order valence-electron chi connectivity index (χ3n) is 3.55. The predicted octanol–water partition coefficient (Wildman–Crippen LogP) is 2.85. The summed E-state index contributed by atoms with van der Waals surface area (Å²) in [7, 11) is 1.46. The molecule has 1 heterocycles. The van der Waals surface area contributed by atoms with Crippen LogP contribution in [0.2, 0.25) is 10.0 Å². The van der Waals surface area contributed by atoms with Crippen molar-refractivity contribution < 1.29 is 23.8 Å². The number of methoxy groups -OCH3 is 1. The molecule has 0 spiro atoms. The Labute approximate surface area is 159 Å². The number of hydrogen-bond acceptors (Lipinski definition) is 5. The van der Waals surface area contributed by atoms with Crippen LogP contribution in [0.4, 0.5) is 0 Å². The van der Waals surface area contributed by atoms with Crippen molar-refractivity contribution in [1.29, 1.82) is 0 Å². The van der Waals surface area contributed by atoms with Crippen molar-refractivity contribution in [1.82, 2.24) is 10.9 Å². The molecular formula is C17H14Cl2N2O5. The van der Waals surface area contributed by atoms with Gasteiger partial charge >= 0.3 is 0 Å².